The average molecular weight is 443 g/mol. The third kappa shape index (κ3) is 6.35. The summed E-state index contributed by atoms with van der Waals surface area (Å²) in [4.78, 5) is 16.8. The normalized spacial score (nSPS) is 15.4. The van der Waals surface area contributed by atoms with Crippen LogP contribution >= 0.6 is 0 Å². The molecule has 3 aromatic rings. The third-order valence-electron chi connectivity index (χ3n) is 5.56. The molecule has 0 aliphatic carbocycles. The highest BCUT2D eigenvalue weighted by Gasteiger charge is 2.24. The van der Waals surface area contributed by atoms with Gasteiger partial charge in [0.1, 0.15) is 12.4 Å². The molecule has 0 spiro atoms. The van der Waals surface area contributed by atoms with Gasteiger partial charge in [0.05, 0.1) is 6.54 Å². The van der Waals surface area contributed by atoms with Crippen molar-refractivity contribution in [1.29, 1.82) is 0 Å². The number of hydrogen-bond acceptors (Lipinski definition) is 3. The molecule has 0 saturated heterocycles. The zero-order valence-corrected chi connectivity index (χ0v) is 18.9. The SMILES string of the molecule is CCNC(=NCc1ccc(OCc2ccccc2)cc1)NCC1CC(=O)Nc2ccccc21. The van der Waals surface area contributed by atoms with E-state index in [4.69, 9.17) is 9.73 Å². The summed E-state index contributed by atoms with van der Waals surface area (Å²) in [5.74, 6) is 1.74. The number of ether oxygens (including phenoxy) is 1. The highest BCUT2D eigenvalue weighted by Crippen LogP contribution is 2.31. The molecule has 0 bridgehead atoms. The molecule has 6 nitrogen and oxygen atoms in total. The van der Waals surface area contributed by atoms with Gasteiger partial charge in [0.2, 0.25) is 5.91 Å². The average Bonchev–Trinajstić information content (AvgIpc) is 2.85. The number of carbonyl (C=O) groups is 1. The Hall–Kier alpha value is -3.80. The third-order valence-corrected chi connectivity index (χ3v) is 5.56. The van der Waals surface area contributed by atoms with Crippen LogP contribution in [0.4, 0.5) is 5.69 Å². The molecule has 1 aliphatic heterocycles. The molecular weight excluding hydrogens is 412 g/mol. The Kier molecular flexibility index (Phi) is 7.59. The summed E-state index contributed by atoms with van der Waals surface area (Å²) in [5, 5.41) is 9.65. The number of fused-ring (bicyclic) bond motifs is 1. The predicted molar refractivity (Wildman–Crippen MR) is 132 cm³/mol. The molecule has 4 rings (SSSR count). The minimum absolute atomic E-state index is 0.0528. The smallest absolute Gasteiger partial charge is 0.225 e. The Morgan fingerprint density at radius 1 is 0.970 bits per heavy atom. The van der Waals surface area contributed by atoms with Crippen LogP contribution in [0.2, 0.25) is 0 Å². The fraction of sp³-hybridized carbons (Fsp3) is 0.259. The summed E-state index contributed by atoms with van der Waals surface area (Å²) < 4.78 is 5.86. The van der Waals surface area contributed by atoms with Gasteiger partial charge in [-0.3, -0.25) is 4.79 Å². The fourth-order valence-electron chi connectivity index (χ4n) is 3.85. The van der Waals surface area contributed by atoms with Gasteiger partial charge in [-0.25, -0.2) is 4.99 Å². The van der Waals surface area contributed by atoms with Crippen molar-refractivity contribution >= 4 is 17.6 Å². The molecule has 0 aromatic heterocycles. The molecule has 1 atom stereocenters. The van der Waals surface area contributed by atoms with Gasteiger partial charge in [0.15, 0.2) is 5.96 Å². The topological polar surface area (TPSA) is 74.8 Å². The van der Waals surface area contributed by atoms with Crippen molar-refractivity contribution in [2.24, 2.45) is 4.99 Å². The van der Waals surface area contributed by atoms with Gasteiger partial charge in [0, 0.05) is 31.1 Å². The number of benzene rings is 3. The quantitative estimate of drug-likeness (QED) is 0.356. The summed E-state index contributed by atoms with van der Waals surface area (Å²) in [6, 6.07) is 26.1. The molecule has 1 heterocycles. The van der Waals surface area contributed by atoms with Crippen LogP contribution in [-0.2, 0) is 17.9 Å². The first-order valence-corrected chi connectivity index (χ1v) is 11.4. The number of nitrogens with one attached hydrogen (secondary N) is 3. The van der Waals surface area contributed by atoms with Gasteiger partial charge in [-0.2, -0.15) is 0 Å². The number of carbonyl (C=O) groups excluding carboxylic acids is 1. The Morgan fingerprint density at radius 3 is 2.52 bits per heavy atom. The van der Waals surface area contributed by atoms with Crippen molar-refractivity contribution < 1.29 is 9.53 Å². The van der Waals surface area contributed by atoms with Crippen molar-refractivity contribution in [3.8, 4) is 5.75 Å². The number of nitrogens with zero attached hydrogens (tertiary/aromatic N) is 1. The van der Waals surface area contributed by atoms with Crippen molar-refractivity contribution in [2.45, 2.75) is 32.4 Å². The molecular formula is C27H30N4O2. The standard InChI is InChI=1S/C27H30N4O2/c1-2-28-27(30-18-22-16-26(32)31-25-11-7-6-10-24(22)25)29-17-20-12-14-23(15-13-20)33-19-21-8-4-3-5-9-21/h3-15,22H,2,16-19H2,1H3,(H,31,32)(H2,28,29,30). The van der Waals surface area contributed by atoms with Crippen LogP contribution in [0.15, 0.2) is 83.9 Å². The molecule has 1 amide bonds. The van der Waals surface area contributed by atoms with Crippen molar-refractivity contribution in [2.75, 3.05) is 18.4 Å². The van der Waals surface area contributed by atoms with Gasteiger partial charge >= 0.3 is 0 Å². The fourth-order valence-corrected chi connectivity index (χ4v) is 3.85. The van der Waals surface area contributed by atoms with Crippen molar-refractivity contribution in [1.82, 2.24) is 10.6 Å². The molecule has 0 fully saturated rings. The summed E-state index contributed by atoms with van der Waals surface area (Å²) in [6.45, 7) is 4.55. The maximum atomic E-state index is 12.1. The second-order valence-corrected chi connectivity index (χ2v) is 8.03. The van der Waals surface area contributed by atoms with Crippen LogP contribution in [0.3, 0.4) is 0 Å². The molecule has 33 heavy (non-hydrogen) atoms. The van der Waals surface area contributed by atoms with Crippen LogP contribution < -0.4 is 20.7 Å². The number of rotatable bonds is 8. The summed E-state index contributed by atoms with van der Waals surface area (Å²) in [5.41, 5.74) is 4.30. The van der Waals surface area contributed by atoms with Crippen molar-refractivity contribution in [3.63, 3.8) is 0 Å². The van der Waals surface area contributed by atoms with Gasteiger partial charge in [-0.15, -0.1) is 0 Å². The number of anilines is 1. The Labute approximate surface area is 195 Å². The van der Waals surface area contributed by atoms with E-state index < -0.39 is 0 Å². The van der Waals surface area contributed by atoms with E-state index in [2.05, 4.69) is 34.1 Å². The van der Waals surface area contributed by atoms with Crippen LogP contribution in [-0.4, -0.2) is 25.0 Å². The summed E-state index contributed by atoms with van der Waals surface area (Å²) in [6.07, 6.45) is 0.466. The minimum Gasteiger partial charge on any atom is -0.489 e. The van der Waals surface area contributed by atoms with E-state index in [9.17, 15) is 4.79 Å². The molecule has 6 heteroatoms. The largest absolute Gasteiger partial charge is 0.489 e. The number of guanidine groups is 1. The maximum absolute atomic E-state index is 12.1. The minimum atomic E-state index is 0.0528. The summed E-state index contributed by atoms with van der Waals surface area (Å²) >= 11 is 0. The van der Waals surface area contributed by atoms with Crippen LogP contribution in [0.25, 0.3) is 0 Å². The Balaban J connectivity index is 1.33. The van der Waals surface area contributed by atoms with E-state index >= 15 is 0 Å². The van der Waals surface area contributed by atoms with Crippen LogP contribution in [0, 0.1) is 0 Å². The summed E-state index contributed by atoms with van der Waals surface area (Å²) in [7, 11) is 0. The molecule has 0 saturated carbocycles. The lowest BCUT2D eigenvalue weighted by atomic mass is 9.90. The second-order valence-electron chi connectivity index (χ2n) is 8.03. The van der Waals surface area contributed by atoms with Gasteiger partial charge < -0.3 is 20.7 Å². The van der Waals surface area contributed by atoms with E-state index in [0.717, 1.165) is 40.6 Å². The first-order chi connectivity index (χ1) is 16.2. The highest BCUT2D eigenvalue weighted by molar-refractivity contribution is 5.94. The maximum Gasteiger partial charge on any atom is 0.225 e. The van der Waals surface area contributed by atoms with Gasteiger partial charge in [0.25, 0.3) is 0 Å². The zero-order chi connectivity index (χ0) is 22.9. The lowest BCUT2D eigenvalue weighted by Crippen LogP contribution is -2.40. The first kappa shape index (κ1) is 22.4. The molecule has 1 aliphatic rings. The second kappa shape index (κ2) is 11.2. The first-order valence-electron chi connectivity index (χ1n) is 11.4. The van der Waals surface area contributed by atoms with E-state index in [1.54, 1.807) is 0 Å². The molecule has 3 N–H and O–H groups in total. The molecule has 3 aromatic carbocycles. The molecule has 1 unspecified atom stereocenters. The highest BCUT2D eigenvalue weighted by atomic mass is 16.5. The number of hydrogen-bond donors (Lipinski definition) is 3. The van der Waals surface area contributed by atoms with Gasteiger partial charge in [-0.1, -0.05) is 60.7 Å². The van der Waals surface area contributed by atoms with Crippen LogP contribution in [0.5, 0.6) is 5.75 Å². The van der Waals surface area contributed by atoms with Gasteiger partial charge in [-0.05, 0) is 41.8 Å². The van der Waals surface area contributed by atoms with E-state index in [1.165, 1.54) is 0 Å². The van der Waals surface area contributed by atoms with E-state index in [0.29, 0.717) is 26.1 Å². The molecule has 0 radical (unpaired) electrons. The Bertz CT molecular complexity index is 1080. The number of aliphatic imine (C=N–C) groups is 1. The Morgan fingerprint density at radius 2 is 1.73 bits per heavy atom. The lowest BCUT2D eigenvalue weighted by Gasteiger charge is -2.26. The lowest BCUT2D eigenvalue weighted by molar-refractivity contribution is -0.116. The molecule has 170 valence electrons. The monoisotopic (exact) mass is 442 g/mol. The number of amides is 1. The van der Waals surface area contributed by atoms with Crippen molar-refractivity contribution in [3.05, 3.63) is 95.6 Å². The van der Waals surface area contributed by atoms with E-state index in [-0.39, 0.29) is 11.8 Å². The predicted octanol–water partition coefficient (Wildman–Crippen LogP) is 4.45. The zero-order valence-electron chi connectivity index (χ0n) is 18.9. The van der Waals surface area contributed by atoms with Crippen LogP contribution in [0.1, 0.15) is 36.0 Å². The van der Waals surface area contributed by atoms with E-state index in [1.807, 2.05) is 67.6 Å². The number of para-hydroxylation sites is 1.